The first-order valence-electron chi connectivity index (χ1n) is 5.85. The molecule has 0 amide bonds. The van der Waals surface area contributed by atoms with Crippen molar-refractivity contribution in [2.24, 2.45) is 5.73 Å². The van der Waals surface area contributed by atoms with Crippen molar-refractivity contribution in [2.75, 3.05) is 0 Å². The van der Waals surface area contributed by atoms with Gasteiger partial charge in [-0.05, 0) is 11.6 Å². The molecule has 18 heavy (non-hydrogen) atoms. The summed E-state index contributed by atoms with van der Waals surface area (Å²) in [7, 11) is 0. The highest BCUT2D eigenvalue weighted by Gasteiger charge is 2.21. The summed E-state index contributed by atoms with van der Waals surface area (Å²) in [5.41, 5.74) is 8.54. The summed E-state index contributed by atoms with van der Waals surface area (Å²) in [6.07, 6.45) is 0. The zero-order valence-corrected chi connectivity index (χ0v) is 13.2. The Morgan fingerprint density at radius 3 is 2.50 bits per heavy atom. The van der Waals surface area contributed by atoms with Crippen LogP contribution in [0.2, 0.25) is 0 Å². The summed E-state index contributed by atoms with van der Waals surface area (Å²) in [5, 5.41) is 3.07. The van der Waals surface area contributed by atoms with Crippen molar-refractivity contribution in [3.8, 4) is 0 Å². The fraction of sp³-hybridized carbons (Fsp3) is 0.357. The molecule has 1 heterocycles. The van der Waals surface area contributed by atoms with E-state index < -0.39 is 0 Å². The molecule has 0 radical (unpaired) electrons. The number of thiazole rings is 1. The number of nitrogens with zero attached hydrogens (tertiary/aromatic N) is 1. The van der Waals surface area contributed by atoms with Gasteiger partial charge in [0.05, 0.1) is 11.7 Å². The third-order valence-corrected chi connectivity index (χ3v) is 4.45. The molecule has 4 heteroatoms. The minimum absolute atomic E-state index is 0.0718. The number of rotatable bonds is 2. The Balaban J connectivity index is 2.33. The first-order chi connectivity index (χ1) is 8.39. The van der Waals surface area contributed by atoms with E-state index in [0.717, 1.165) is 20.7 Å². The Morgan fingerprint density at radius 2 is 1.94 bits per heavy atom. The first kappa shape index (κ1) is 13.7. The molecule has 1 unspecified atom stereocenters. The van der Waals surface area contributed by atoms with Gasteiger partial charge in [0.1, 0.15) is 5.01 Å². The van der Waals surface area contributed by atoms with E-state index in [2.05, 4.69) is 47.1 Å². The van der Waals surface area contributed by atoms with Crippen LogP contribution >= 0.6 is 27.3 Å². The Labute approximate surface area is 120 Å². The van der Waals surface area contributed by atoms with Crippen molar-refractivity contribution in [3.05, 3.63) is 50.4 Å². The Hall–Kier alpha value is -0.710. The van der Waals surface area contributed by atoms with E-state index >= 15 is 0 Å². The van der Waals surface area contributed by atoms with Crippen LogP contribution in [0.1, 0.15) is 43.1 Å². The minimum Gasteiger partial charge on any atom is -0.318 e. The predicted octanol–water partition coefficient (Wildman–Crippen LogP) is 4.25. The topological polar surface area (TPSA) is 38.9 Å². The molecule has 2 N–H and O–H groups in total. The molecule has 1 aromatic heterocycles. The number of benzene rings is 1. The lowest BCUT2D eigenvalue weighted by molar-refractivity contribution is 0.569. The van der Waals surface area contributed by atoms with Crippen molar-refractivity contribution < 1.29 is 0 Å². The molecule has 2 nitrogen and oxygen atoms in total. The van der Waals surface area contributed by atoms with Crippen LogP contribution in [0.25, 0.3) is 0 Å². The van der Waals surface area contributed by atoms with Gasteiger partial charge < -0.3 is 5.73 Å². The summed E-state index contributed by atoms with van der Waals surface area (Å²) in [6.45, 7) is 6.49. The van der Waals surface area contributed by atoms with E-state index in [9.17, 15) is 0 Å². The fourth-order valence-corrected chi connectivity index (χ4v) is 3.23. The Kier molecular flexibility index (Phi) is 3.90. The smallest absolute Gasteiger partial charge is 0.114 e. The van der Waals surface area contributed by atoms with Crippen LogP contribution in [-0.2, 0) is 5.41 Å². The molecule has 0 bridgehead atoms. The van der Waals surface area contributed by atoms with E-state index in [1.54, 1.807) is 11.3 Å². The molecular formula is C14H17BrN2S. The molecular weight excluding hydrogens is 308 g/mol. The van der Waals surface area contributed by atoms with Gasteiger partial charge >= 0.3 is 0 Å². The lowest BCUT2D eigenvalue weighted by Gasteiger charge is -2.15. The van der Waals surface area contributed by atoms with Gasteiger partial charge in [0, 0.05) is 15.3 Å². The standard InChI is InChI=1S/C14H17BrN2S/c1-14(2,3)11-8-18-13(17-11)12(16)9-6-4-5-7-10(9)15/h4-8,12H,16H2,1-3H3. The molecule has 2 aromatic rings. The van der Waals surface area contributed by atoms with Crippen molar-refractivity contribution in [1.82, 2.24) is 4.98 Å². The first-order valence-corrected chi connectivity index (χ1v) is 7.53. The summed E-state index contributed by atoms with van der Waals surface area (Å²) >= 11 is 5.17. The number of hydrogen-bond acceptors (Lipinski definition) is 3. The van der Waals surface area contributed by atoms with Crippen molar-refractivity contribution in [3.63, 3.8) is 0 Å². The number of nitrogens with two attached hydrogens (primary N) is 1. The van der Waals surface area contributed by atoms with Crippen LogP contribution in [-0.4, -0.2) is 4.98 Å². The van der Waals surface area contributed by atoms with Gasteiger partial charge in [0.15, 0.2) is 0 Å². The average Bonchev–Trinajstić information content (AvgIpc) is 2.77. The third kappa shape index (κ3) is 2.82. The third-order valence-electron chi connectivity index (χ3n) is 2.80. The van der Waals surface area contributed by atoms with E-state index in [4.69, 9.17) is 5.73 Å². The highest BCUT2D eigenvalue weighted by Crippen LogP contribution is 2.31. The molecule has 0 aliphatic carbocycles. The SMILES string of the molecule is CC(C)(C)c1csc(C(N)c2ccccc2Br)n1. The number of aromatic nitrogens is 1. The Morgan fingerprint density at radius 1 is 1.28 bits per heavy atom. The van der Waals surface area contributed by atoms with Gasteiger partial charge in [-0.3, -0.25) is 0 Å². The summed E-state index contributed by atoms with van der Waals surface area (Å²) < 4.78 is 1.03. The highest BCUT2D eigenvalue weighted by atomic mass is 79.9. The van der Waals surface area contributed by atoms with E-state index in [1.807, 2.05) is 24.3 Å². The van der Waals surface area contributed by atoms with Gasteiger partial charge in [-0.25, -0.2) is 4.98 Å². The van der Waals surface area contributed by atoms with Gasteiger partial charge in [0.25, 0.3) is 0 Å². The van der Waals surface area contributed by atoms with Crippen LogP contribution in [0.15, 0.2) is 34.1 Å². The van der Waals surface area contributed by atoms with Gasteiger partial charge in [-0.2, -0.15) is 0 Å². The van der Waals surface area contributed by atoms with E-state index in [0.29, 0.717) is 0 Å². The lowest BCUT2D eigenvalue weighted by Crippen LogP contribution is -2.15. The van der Waals surface area contributed by atoms with Crippen molar-refractivity contribution in [1.29, 1.82) is 0 Å². The largest absolute Gasteiger partial charge is 0.318 e. The summed E-state index contributed by atoms with van der Waals surface area (Å²) in [5.74, 6) is 0. The van der Waals surface area contributed by atoms with Crippen LogP contribution in [0.5, 0.6) is 0 Å². The normalized spacial score (nSPS) is 13.6. The van der Waals surface area contributed by atoms with Crippen LogP contribution < -0.4 is 5.73 Å². The number of hydrogen-bond donors (Lipinski definition) is 1. The van der Waals surface area contributed by atoms with Crippen LogP contribution in [0.3, 0.4) is 0 Å². The van der Waals surface area contributed by atoms with Gasteiger partial charge in [-0.15, -0.1) is 11.3 Å². The molecule has 0 aliphatic rings. The molecule has 96 valence electrons. The second kappa shape index (κ2) is 5.11. The maximum absolute atomic E-state index is 6.29. The Bertz CT molecular complexity index is 543. The maximum atomic E-state index is 6.29. The lowest BCUT2D eigenvalue weighted by atomic mass is 9.93. The zero-order valence-electron chi connectivity index (χ0n) is 10.8. The van der Waals surface area contributed by atoms with Crippen molar-refractivity contribution >= 4 is 27.3 Å². The molecule has 0 fully saturated rings. The fourth-order valence-electron chi connectivity index (χ4n) is 1.64. The average molecular weight is 325 g/mol. The molecule has 1 atom stereocenters. The predicted molar refractivity (Wildman–Crippen MR) is 81.0 cm³/mol. The second-order valence-corrected chi connectivity index (χ2v) is 7.06. The monoisotopic (exact) mass is 324 g/mol. The molecule has 0 saturated heterocycles. The van der Waals surface area contributed by atoms with Crippen molar-refractivity contribution in [2.45, 2.75) is 32.2 Å². The van der Waals surface area contributed by atoms with E-state index in [-0.39, 0.29) is 11.5 Å². The molecule has 0 spiro atoms. The molecule has 0 aliphatic heterocycles. The minimum atomic E-state index is -0.165. The van der Waals surface area contributed by atoms with Crippen LogP contribution in [0.4, 0.5) is 0 Å². The van der Waals surface area contributed by atoms with Crippen LogP contribution in [0, 0.1) is 0 Å². The summed E-state index contributed by atoms with van der Waals surface area (Å²) in [6, 6.07) is 7.86. The quantitative estimate of drug-likeness (QED) is 0.896. The molecule has 0 saturated carbocycles. The van der Waals surface area contributed by atoms with E-state index in [1.165, 1.54) is 0 Å². The molecule has 1 aromatic carbocycles. The zero-order chi connectivity index (χ0) is 13.3. The van der Waals surface area contributed by atoms with Gasteiger partial charge in [0.2, 0.25) is 0 Å². The van der Waals surface area contributed by atoms with Gasteiger partial charge in [-0.1, -0.05) is 54.9 Å². The second-order valence-electron chi connectivity index (χ2n) is 5.32. The highest BCUT2D eigenvalue weighted by molar-refractivity contribution is 9.10. The molecule has 2 rings (SSSR count). The number of halogens is 1. The summed E-state index contributed by atoms with van der Waals surface area (Å²) in [4.78, 5) is 4.67. The maximum Gasteiger partial charge on any atom is 0.114 e.